The van der Waals surface area contributed by atoms with Crippen LogP contribution in [0, 0.1) is 10.1 Å². The van der Waals surface area contributed by atoms with Crippen LogP contribution in [0.1, 0.15) is 25.7 Å². The minimum atomic E-state index is -0.480. The number of anilines is 1. The molecule has 17 heavy (non-hydrogen) atoms. The minimum absolute atomic E-state index is 0.00212. The van der Waals surface area contributed by atoms with E-state index in [4.69, 9.17) is 0 Å². The zero-order valence-corrected chi connectivity index (χ0v) is 9.37. The van der Waals surface area contributed by atoms with Gasteiger partial charge in [0, 0.05) is 6.07 Å². The van der Waals surface area contributed by atoms with Crippen molar-refractivity contribution in [1.82, 2.24) is 4.98 Å². The van der Waals surface area contributed by atoms with Crippen LogP contribution in [0.2, 0.25) is 0 Å². The quantitative estimate of drug-likeness (QED) is 0.617. The van der Waals surface area contributed by atoms with Crippen LogP contribution in [-0.4, -0.2) is 27.2 Å². The molecule has 0 bridgehead atoms. The Morgan fingerprint density at radius 2 is 2.18 bits per heavy atom. The molecular formula is C11H15N3O3. The van der Waals surface area contributed by atoms with Gasteiger partial charge in [0.15, 0.2) is 0 Å². The maximum absolute atomic E-state index is 10.5. The molecule has 1 saturated carbocycles. The summed E-state index contributed by atoms with van der Waals surface area (Å²) >= 11 is 0. The largest absolute Gasteiger partial charge is 0.391 e. The van der Waals surface area contributed by atoms with Crippen molar-refractivity contribution >= 4 is 11.5 Å². The highest BCUT2D eigenvalue weighted by atomic mass is 16.6. The molecule has 2 rings (SSSR count). The zero-order valence-electron chi connectivity index (χ0n) is 9.37. The summed E-state index contributed by atoms with van der Waals surface area (Å²) in [6.45, 7) is 0. The first-order valence-corrected chi connectivity index (χ1v) is 5.72. The van der Waals surface area contributed by atoms with E-state index in [0.29, 0.717) is 5.82 Å². The van der Waals surface area contributed by atoms with E-state index in [1.807, 2.05) is 0 Å². The summed E-state index contributed by atoms with van der Waals surface area (Å²) in [7, 11) is 0. The van der Waals surface area contributed by atoms with Gasteiger partial charge in [-0.3, -0.25) is 10.1 Å². The second-order valence-electron chi connectivity index (χ2n) is 4.26. The fourth-order valence-corrected chi connectivity index (χ4v) is 2.05. The van der Waals surface area contributed by atoms with E-state index < -0.39 is 4.92 Å². The minimum Gasteiger partial charge on any atom is -0.391 e. The third kappa shape index (κ3) is 2.91. The van der Waals surface area contributed by atoms with E-state index in [2.05, 4.69) is 10.3 Å². The van der Waals surface area contributed by atoms with Crippen molar-refractivity contribution in [2.75, 3.05) is 5.32 Å². The number of rotatable bonds is 3. The van der Waals surface area contributed by atoms with Crippen molar-refractivity contribution in [2.45, 2.75) is 37.8 Å². The summed E-state index contributed by atoms with van der Waals surface area (Å²) in [6.07, 6.45) is 4.69. The topological polar surface area (TPSA) is 88.3 Å². The van der Waals surface area contributed by atoms with E-state index in [1.54, 1.807) is 6.07 Å². The Labute approximate surface area is 98.8 Å². The second kappa shape index (κ2) is 5.09. The predicted molar refractivity (Wildman–Crippen MR) is 62.8 cm³/mol. The fourth-order valence-electron chi connectivity index (χ4n) is 2.05. The van der Waals surface area contributed by atoms with Gasteiger partial charge >= 0.3 is 0 Å². The molecule has 1 aromatic heterocycles. The van der Waals surface area contributed by atoms with Gasteiger partial charge in [0.2, 0.25) is 0 Å². The van der Waals surface area contributed by atoms with Gasteiger partial charge in [-0.2, -0.15) is 0 Å². The predicted octanol–water partition coefficient (Wildman–Crippen LogP) is 1.71. The maximum Gasteiger partial charge on any atom is 0.287 e. The highest BCUT2D eigenvalue weighted by Gasteiger charge is 2.23. The molecule has 92 valence electrons. The van der Waals surface area contributed by atoms with Crippen molar-refractivity contribution in [3.8, 4) is 0 Å². The molecule has 6 nitrogen and oxygen atoms in total. The van der Waals surface area contributed by atoms with Crippen molar-refractivity contribution in [3.05, 3.63) is 28.4 Å². The lowest BCUT2D eigenvalue weighted by atomic mass is 9.92. The zero-order chi connectivity index (χ0) is 12.3. The Morgan fingerprint density at radius 1 is 1.41 bits per heavy atom. The monoisotopic (exact) mass is 237 g/mol. The molecule has 2 atom stereocenters. The Morgan fingerprint density at radius 3 is 2.76 bits per heavy atom. The third-order valence-corrected chi connectivity index (χ3v) is 3.02. The number of hydrogen-bond donors (Lipinski definition) is 2. The molecule has 0 aromatic carbocycles. The van der Waals surface area contributed by atoms with E-state index in [0.717, 1.165) is 25.7 Å². The number of nitrogens with zero attached hydrogens (tertiary/aromatic N) is 2. The molecular weight excluding hydrogens is 222 g/mol. The normalized spacial score (nSPS) is 24.3. The summed E-state index contributed by atoms with van der Waals surface area (Å²) in [5, 5.41) is 23.3. The first-order chi connectivity index (χ1) is 8.16. The summed E-state index contributed by atoms with van der Waals surface area (Å²) < 4.78 is 0. The molecule has 2 unspecified atom stereocenters. The number of hydrogen-bond acceptors (Lipinski definition) is 5. The fraction of sp³-hybridized carbons (Fsp3) is 0.545. The Bertz CT molecular complexity index is 393. The standard InChI is InChI=1S/C11H15N3O3/c15-10-4-2-1-3-9(10)13-11-6-5-8(7-12-11)14(16)17/h5-7,9-10,15H,1-4H2,(H,12,13). The van der Waals surface area contributed by atoms with Gasteiger partial charge in [-0.15, -0.1) is 0 Å². The molecule has 1 aromatic rings. The van der Waals surface area contributed by atoms with Crippen LogP contribution in [-0.2, 0) is 0 Å². The molecule has 0 spiro atoms. The van der Waals surface area contributed by atoms with Crippen molar-refractivity contribution in [1.29, 1.82) is 0 Å². The summed E-state index contributed by atoms with van der Waals surface area (Å²) in [5.74, 6) is 0.571. The van der Waals surface area contributed by atoms with Crippen LogP contribution in [0.4, 0.5) is 11.5 Å². The highest BCUT2D eigenvalue weighted by Crippen LogP contribution is 2.22. The Kier molecular flexibility index (Phi) is 3.53. The number of aliphatic hydroxyl groups excluding tert-OH is 1. The van der Waals surface area contributed by atoms with Crippen LogP contribution in [0.3, 0.4) is 0 Å². The van der Waals surface area contributed by atoms with E-state index in [9.17, 15) is 15.2 Å². The van der Waals surface area contributed by atoms with Crippen molar-refractivity contribution in [3.63, 3.8) is 0 Å². The number of pyridine rings is 1. The number of nitro groups is 1. The number of aromatic nitrogens is 1. The van der Waals surface area contributed by atoms with Crippen LogP contribution < -0.4 is 5.32 Å². The molecule has 0 saturated heterocycles. The van der Waals surface area contributed by atoms with Gasteiger partial charge in [0.05, 0.1) is 17.1 Å². The average molecular weight is 237 g/mol. The molecule has 1 aliphatic carbocycles. The van der Waals surface area contributed by atoms with Gasteiger partial charge in [0.1, 0.15) is 12.0 Å². The van der Waals surface area contributed by atoms with Crippen LogP contribution >= 0.6 is 0 Å². The maximum atomic E-state index is 10.5. The lowest BCUT2D eigenvalue weighted by molar-refractivity contribution is -0.385. The number of nitrogens with one attached hydrogen (secondary N) is 1. The third-order valence-electron chi connectivity index (χ3n) is 3.02. The number of aliphatic hydroxyl groups is 1. The SMILES string of the molecule is O=[N+]([O-])c1ccc(NC2CCCCC2O)nc1. The molecule has 6 heteroatoms. The highest BCUT2D eigenvalue weighted by molar-refractivity contribution is 5.41. The second-order valence-corrected chi connectivity index (χ2v) is 4.26. The summed E-state index contributed by atoms with van der Waals surface area (Å²) in [4.78, 5) is 13.9. The van der Waals surface area contributed by atoms with Gasteiger partial charge in [0.25, 0.3) is 5.69 Å². The Hall–Kier alpha value is -1.69. The molecule has 1 fully saturated rings. The molecule has 2 N–H and O–H groups in total. The molecule has 0 radical (unpaired) electrons. The molecule has 1 aliphatic rings. The lowest BCUT2D eigenvalue weighted by Crippen LogP contribution is -2.36. The van der Waals surface area contributed by atoms with E-state index >= 15 is 0 Å². The summed E-state index contributed by atoms with van der Waals surface area (Å²) in [5.41, 5.74) is -0.0280. The average Bonchev–Trinajstić information content (AvgIpc) is 2.33. The lowest BCUT2D eigenvalue weighted by Gasteiger charge is -2.28. The van der Waals surface area contributed by atoms with Gasteiger partial charge < -0.3 is 10.4 Å². The van der Waals surface area contributed by atoms with E-state index in [-0.39, 0.29) is 17.8 Å². The van der Waals surface area contributed by atoms with Gasteiger partial charge in [-0.05, 0) is 18.9 Å². The van der Waals surface area contributed by atoms with Gasteiger partial charge in [-0.25, -0.2) is 4.98 Å². The molecule has 0 aliphatic heterocycles. The van der Waals surface area contributed by atoms with Gasteiger partial charge in [-0.1, -0.05) is 12.8 Å². The molecule has 1 heterocycles. The van der Waals surface area contributed by atoms with Crippen molar-refractivity contribution in [2.24, 2.45) is 0 Å². The first kappa shape index (κ1) is 11.8. The summed E-state index contributed by atoms with van der Waals surface area (Å²) in [6, 6.07) is 2.97. The van der Waals surface area contributed by atoms with Crippen LogP contribution in [0.5, 0.6) is 0 Å². The molecule has 0 amide bonds. The van der Waals surface area contributed by atoms with Crippen molar-refractivity contribution < 1.29 is 10.0 Å². The van der Waals surface area contributed by atoms with E-state index in [1.165, 1.54) is 12.3 Å². The van der Waals surface area contributed by atoms with Crippen LogP contribution in [0.25, 0.3) is 0 Å². The smallest absolute Gasteiger partial charge is 0.287 e. The van der Waals surface area contributed by atoms with Crippen LogP contribution in [0.15, 0.2) is 18.3 Å². The first-order valence-electron chi connectivity index (χ1n) is 5.72. The Balaban J connectivity index is 2.00.